The molecule has 2 heteroatoms. The SMILES string of the molecule is C=C(C)CC(NC)C1CCOCC1. The molecule has 0 aromatic carbocycles. The molecule has 0 saturated carbocycles. The lowest BCUT2D eigenvalue weighted by atomic mass is 9.88. The summed E-state index contributed by atoms with van der Waals surface area (Å²) in [7, 11) is 2.04. The normalized spacial score (nSPS) is 21.4. The van der Waals surface area contributed by atoms with Crippen molar-refractivity contribution < 1.29 is 4.74 Å². The van der Waals surface area contributed by atoms with Crippen LogP contribution in [0.1, 0.15) is 26.2 Å². The monoisotopic (exact) mass is 183 g/mol. The largest absolute Gasteiger partial charge is 0.381 e. The van der Waals surface area contributed by atoms with E-state index in [1.165, 1.54) is 18.4 Å². The van der Waals surface area contributed by atoms with Gasteiger partial charge in [-0.25, -0.2) is 0 Å². The van der Waals surface area contributed by atoms with Gasteiger partial charge in [-0.1, -0.05) is 5.57 Å². The second kappa shape index (κ2) is 5.40. The summed E-state index contributed by atoms with van der Waals surface area (Å²) in [6, 6.07) is 0.599. The van der Waals surface area contributed by atoms with E-state index in [1.807, 2.05) is 7.05 Å². The number of ether oxygens (including phenoxy) is 1. The lowest BCUT2D eigenvalue weighted by molar-refractivity contribution is 0.0548. The zero-order chi connectivity index (χ0) is 9.68. The zero-order valence-corrected chi connectivity index (χ0v) is 8.81. The van der Waals surface area contributed by atoms with Gasteiger partial charge in [0.25, 0.3) is 0 Å². The first-order valence-corrected chi connectivity index (χ1v) is 5.13. The Labute approximate surface area is 81.4 Å². The van der Waals surface area contributed by atoms with Crippen LogP contribution in [-0.4, -0.2) is 26.3 Å². The second-order valence-electron chi connectivity index (χ2n) is 4.01. The lowest BCUT2D eigenvalue weighted by Gasteiger charge is -2.30. The summed E-state index contributed by atoms with van der Waals surface area (Å²) in [5, 5.41) is 3.39. The standard InChI is InChI=1S/C11H21NO/c1-9(2)8-11(12-3)10-4-6-13-7-5-10/h10-12H,1,4-8H2,2-3H3. The van der Waals surface area contributed by atoms with Crippen LogP contribution in [0.3, 0.4) is 0 Å². The van der Waals surface area contributed by atoms with Crippen LogP contribution in [0.25, 0.3) is 0 Å². The van der Waals surface area contributed by atoms with Crippen molar-refractivity contribution >= 4 is 0 Å². The molecule has 0 spiro atoms. The summed E-state index contributed by atoms with van der Waals surface area (Å²) >= 11 is 0. The Morgan fingerprint density at radius 3 is 2.62 bits per heavy atom. The van der Waals surface area contributed by atoms with E-state index in [-0.39, 0.29) is 0 Å². The summed E-state index contributed by atoms with van der Waals surface area (Å²) in [5.74, 6) is 0.774. The third-order valence-corrected chi connectivity index (χ3v) is 2.77. The van der Waals surface area contributed by atoms with Gasteiger partial charge in [0.1, 0.15) is 0 Å². The van der Waals surface area contributed by atoms with Crippen molar-refractivity contribution in [2.45, 2.75) is 32.2 Å². The van der Waals surface area contributed by atoms with Gasteiger partial charge in [0.15, 0.2) is 0 Å². The summed E-state index contributed by atoms with van der Waals surface area (Å²) in [5.41, 5.74) is 1.27. The smallest absolute Gasteiger partial charge is 0.0469 e. The van der Waals surface area contributed by atoms with Gasteiger partial charge in [-0.2, -0.15) is 0 Å². The third kappa shape index (κ3) is 3.49. The molecule has 1 rings (SSSR count). The lowest BCUT2D eigenvalue weighted by Crippen LogP contribution is -2.37. The highest BCUT2D eigenvalue weighted by Gasteiger charge is 2.22. The van der Waals surface area contributed by atoms with Gasteiger partial charge in [0, 0.05) is 19.3 Å². The average Bonchev–Trinajstić information content (AvgIpc) is 2.15. The molecule has 76 valence electrons. The minimum Gasteiger partial charge on any atom is -0.381 e. The molecule has 0 aromatic rings. The van der Waals surface area contributed by atoms with E-state index in [2.05, 4.69) is 18.8 Å². The van der Waals surface area contributed by atoms with Crippen molar-refractivity contribution in [3.8, 4) is 0 Å². The van der Waals surface area contributed by atoms with Crippen molar-refractivity contribution in [2.75, 3.05) is 20.3 Å². The van der Waals surface area contributed by atoms with Crippen LogP contribution in [-0.2, 0) is 4.74 Å². The molecule has 0 radical (unpaired) electrons. The minimum atomic E-state index is 0.599. The van der Waals surface area contributed by atoms with Gasteiger partial charge >= 0.3 is 0 Å². The number of nitrogens with one attached hydrogen (secondary N) is 1. The van der Waals surface area contributed by atoms with E-state index >= 15 is 0 Å². The summed E-state index contributed by atoms with van der Waals surface area (Å²) in [4.78, 5) is 0. The fourth-order valence-electron chi connectivity index (χ4n) is 2.00. The van der Waals surface area contributed by atoms with Crippen molar-refractivity contribution in [1.29, 1.82) is 0 Å². The first-order chi connectivity index (χ1) is 6.24. The maximum Gasteiger partial charge on any atom is 0.0469 e. The molecule has 1 aliphatic rings. The van der Waals surface area contributed by atoms with E-state index in [0.29, 0.717) is 6.04 Å². The van der Waals surface area contributed by atoms with Gasteiger partial charge < -0.3 is 10.1 Å². The molecule has 1 aliphatic heterocycles. The van der Waals surface area contributed by atoms with Gasteiger partial charge in [-0.15, -0.1) is 6.58 Å². The molecule has 1 heterocycles. The highest BCUT2D eigenvalue weighted by atomic mass is 16.5. The summed E-state index contributed by atoms with van der Waals surface area (Å²) < 4.78 is 5.35. The molecule has 0 amide bonds. The van der Waals surface area contributed by atoms with Crippen molar-refractivity contribution in [2.24, 2.45) is 5.92 Å². The average molecular weight is 183 g/mol. The predicted molar refractivity (Wildman–Crippen MR) is 55.8 cm³/mol. The van der Waals surface area contributed by atoms with Crippen LogP contribution in [0.15, 0.2) is 12.2 Å². The van der Waals surface area contributed by atoms with E-state index in [9.17, 15) is 0 Å². The highest BCUT2D eigenvalue weighted by Crippen LogP contribution is 2.22. The van der Waals surface area contributed by atoms with Crippen molar-refractivity contribution in [1.82, 2.24) is 5.32 Å². The fourth-order valence-corrected chi connectivity index (χ4v) is 2.00. The maximum atomic E-state index is 5.35. The van der Waals surface area contributed by atoms with Crippen LogP contribution >= 0.6 is 0 Å². The van der Waals surface area contributed by atoms with E-state index < -0.39 is 0 Å². The molecule has 0 aliphatic carbocycles. The minimum absolute atomic E-state index is 0.599. The van der Waals surface area contributed by atoms with Crippen LogP contribution in [0, 0.1) is 5.92 Å². The Kier molecular flexibility index (Phi) is 4.46. The van der Waals surface area contributed by atoms with Gasteiger partial charge in [-0.05, 0) is 39.2 Å². The molecule has 1 N–H and O–H groups in total. The molecule has 2 nitrogen and oxygen atoms in total. The zero-order valence-electron chi connectivity index (χ0n) is 8.81. The molecular weight excluding hydrogens is 162 g/mol. The topological polar surface area (TPSA) is 21.3 Å². The highest BCUT2D eigenvalue weighted by molar-refractivity contribution is 4.95. The maximum absolute atomic E-state index is 5.35. The van der Waals surface area contributed by atoms with Gasteiger partial charge in [0.2, 0.25) is 0 Å². The Balaban J connectivity index is 2.39. The van der Waals surface area contributed by atoms with Crippen LogP contribution < -0.4 is 5.32 Å². The number of hydrogen-bond acceptors (Lipinski definition) is 2. The van der Waals surface area contributed by atoms with Gasteiger partial charge in [-0.3, -0.25) is 0 Å². The van der Waals surface area contributed by atoms with Crippen LogP contribution in [0.2, 0.25) is 0 Å². The van der Waals surface area contributed by atoms with Crippen LogP contribution in [0.4, 0.5) is 0 Å². The van der Waals surface area contributed by atoms with Crippen molar-refractivity contribution in [3.05, 3.63) is 12.2 Å². The summed E-state index contributed by atoms with van der Waals surface area (Å²) in [6.07, 6.45) is 3.48. The van der Waals surface area contributed by atoms with Crippen LogP contribution in [0.5, 0.6) is 0 Å². The molecule has 0 aromatic heterocycles. The van der Waals surface area contributed by atoms with Crippen molar-refractivity contribution in [3.63, 3.8) is 0 Å². The predicted octanol–water partition coefficient (Wildman–Crippen LogP) is 1.97. The fraction of sp³-hybridized carbons (Fsp3) is 0.818. The number of rotatable bonds is 4. The quantitative estimate of drug-likeness (QED) is 0.673. The molecule has 1 atom stereocenters. The molecule has 1 fully saturated rings. The molecule has 1 unspecified atom stereocenters. The first kappa shape index (κ1) is 10.7. The molecule has 13 heavy (non-hydrogen) atoms. The Morgan fingerprint density at radius 2 is 2.15 bits per heavy atom. The summed E-state index contributed by atoms with van der Waals surface area (Å²) in [6.45, 7) is 7.93. The Morgan fingerprint density at radius 1 is 1.54 bits per heavy atom. The Hall–Kier alpha value is -0.340. The third-order valence-electron chi connectivity index (χ3n) is 2.77. The second-order valence-corrected chi connectivity index (χ2v) is 4.01. The van der Waals surface area contributed by atoms with Gasteiger partial charge in [0.05, 0.1) is 0 Å². The first-order valence-electron chi connectivity index (χ1n) is 5.13. The molecule has 0 bridgehead atoms. The van der Waals surface area contributed by atoms with E-state index in [1.54, 1.807) is 0 Å². The Bertz CT molecular complexity index is 161. The van der Waals surface area contributed by atoms with E-state index in [0.717, 1.165) is 25.6 Å². The number of hydrogen-bond donors (Lipinski definition) is 1. The molecular formula is C11H21NO. The molecule has 1 saturated heterocycles. The van der Waals surface area contributed by atoms with E-state index in [4.69, 9.17) is 4.74 Å².